The summed E-state index contributed by atoms with van der Waals surface area (Å²) in [6, 6.07) is 13.3. The average molecular weight is 580 g/mol. The lowest BCUT2D eigenvalue weighted by atomic mass is 9.80. The number of benzene rings is 2. The molecule has 11 heteroatoms. The molecule has 2 aromatic heterocycles. The Hall–Kier alpha value is -4.18. The molecular weight excluding hydrogens is 549 g/mol. The maximum atomic E-state index is 13.8. The fourth-order valence-corrected chi connectivity index (χ4v) is 5.01. The van der Waals surface area contributed by atoms with E-state index in [0.717, 1.165) is 18.5 Å². The number of hydrogen-bond donors (Lipinski definition) is 1. The van der Waals surface area contributed by atoms with Gasteiger partial charge in [-0.3, -0.25) is 9.48 Å². The zero-order chi connectivity index (χ0) is 29.1. The first-order valence-electron chi connectivity index (χ1n) is 13.2. The molecule has 5 rings (SSSR count). The SMILES string of the molecule is COc1cc(C(=O)NCC(C)(c2ccc(OC)c(-c3ccc(F)c(Cl)c3)n2)C2CC2)ccc1OCc1ncnn1C. The molecule has 1 amide bonds. The van der Waals surface area contributed by atoms with E-state index < -0.39 is 11.2 Å². The van der Waals surface area contributed by atoms with E-state index in [1.54, 1.807) is 43.1 Å². The predicted octanol–water partition coefficient (Wildman–Crippen LogP) is 5.36. The lowest BCUT2D eigenvalue weighted by molar-refractivity contribution is 0.0941. The van der Waals surface area contributed by atoms with Crippen LogP contribution in [0.4, 0.5) is 4.39 Å². The van der Waals surface area contributed by atoms with Gasteiger partial charge < -0.3 is 19.5 Å². The summed E-state index contributed by atoms with van der Waals surface area (Å²) >= 11 is 6.06. The second-order valence-electron chi connectivity index (χ2n) is 10.2. The number of nitrogens with zero attached hydrogens (tertiary/aromatic N) is 4. The molecule has 0 spiro atoms. The van der Waals surface area contributed by atoms with Crippen LogP contribution >= 0.6 is 11.6 Å². The fourth-order valence-electron chi connectivity index (χ4n) is 4.83. The van der Waals surface area contributed by atoms with Gasteiger partial charge in [0.15, 0.2) is 17.3 Å². The van der Waals surface area contributed by atoms with Crippen LogP contribution in [0.5, 0.6) is 17.2 Å². The van der Waals surface area contributed by atoms with Crippen molar-refractivity contribution in [2.45, 2.75) is 31.8 Å². The van der Waals surface area contributed by atoms with E-state index in [1.807, 2.05) is 12.1 Å². The molecule has 1 saturated carbocycles. The summed E-state index contributed by atoms with van der Waals surface area (Å²) in [5.74, 6) is 1.74. The van der Waals surface area contributed by atoms with Gasteiger partial charge in [-0.05, 0) is 67.3 Å². The molecule has 1 aliphatic rings. The van der Waals surface area contributed by atoms with Gasteiger partial charge in [0.05, 0.1) is 19.2 Å². The zero-order valence-electron chi connectivity index (χ0n) is 23.3. The Bertz CT molecular complexity index is 1570. The number of ether oxygens (including phenoxy) is 3. The van der Waals surface area contributed by atoms with Crippen molar-refractivity contribution in [1.82, 2.24) is 25.1 Å². The van der Waals surface area contributed by atoms with E-state index in [9.17, 15) is 9.18 Å². The largest absolute Gasteiger partial charge is 0.494 e. The van der Waals surface area contributed by atoms with Crippen molar-refractivity contribution in [2.24, 2.45) is 13.0 Å². The third kappa shape index (κ3) is 5.97. The molecule has 0 bridgehead atoms. The van der Waals surface area contributed by atoms with Crippen LogP contribution in [-0.4, -0.2) is 46.4 Å². The Labute approximate surface area is 242 Å². The van der Waals surface area contributed by atoms with Gasteiger partial charge in [0.1, 0.15) is 30.2 Å². The second-order valence-corrected chi connectivity index (χ2v) is 10.6. The van der Waals surface area contributed by atoms with Gasteiger partial charge in [-0.1, -0.05) is 18.5 Å². The molecule has 0 radical (unpaired) electrons. The van der Waals surface area contributed by atoms with Crippen molar-refractivity contribution < 1.29 is 23.4 Å². The van der Waals surface area contributed by atoms with E-state index in [1.165, 1.54) is 25.6 Å². The number of nitrogens with one attached hydrogen (secondary N) is 1. The van der Waals surface area contributed by atoms with Crippen LogP contribution in [0.3, 0.4) is 0 Å². The lowest BCUT2D eigenvalue weighted by Crippen LogP contribution is -2.41. The highest BCUT2D eigenvalue weighted by Crippen LogP contribution is 2.47. The fraction of sp³-hybridized carbons (Fsp3) is 0.333. The number of aromatic nitrogens is 4. The summed E-state index contributed by atoms with van der Waals surface area (Å²) in [6.45, 7) is 2.68. The summed E-state index contributed by atoms with van der Waals surface area (Å²) in [5.41, 5.74) is 2.01. The summed E-state index contributed by atoms with van der Waals surface area (Å²) in [7, 11) is 4.87. The Morgan fingerprint density at radius 1 is 1.10 bits per heavy atom. The summed E-state index contributed by atoms with van der Waals surface area (Å²) < 4.78 is 32.3. The van der Waals surface area contributed by atoms with Gasteiger partial charge >= 0.3 is 0 Å². The molecule has 214 valence electrons. The lowest BCUT2D eigenvalue weighted by Gasteiger charge is -2.30. The predicted molar refractivity (Wildman–Crippen MR) is 152 cm³/mol. The maximum absolute atomic E-state index is 13.8. The van der Waals surface area contributed by atoms with Crippen molar-refractivity contribution in [2.75, 3.05) is 20.8 Å². The highest BCUT2D eigenvalue weighted by molar-refractivity contribution is 6.31. The van der Waals surface area contributed by atoms with Crippen molar-refractivity contribution in [1.29, 1.82) is 0 Å². The number of pyridine rings is 1. The minimum absolute atomic E-state index is 0.00876. The monoisotopic (exact) mass is 579 g/mol. The summed E-state index contributed by atoms with van der Waals surface area (Å²) in [5, 5.41) is 7.14. The Morgan fingerprint density at radius 2 is 1.85 bits per heavy atom. The highest BCUT2D eigenvalue weighted by Gasteiger charge is 2.44. The Balaban J connectivity index is 1.35. The van der Waals surface area contributed by atoms with Crippen molar-refractivity contribution in [3.63, 3.8) is 0 Å². The van der Waals surface area contributed by atoms with Gasteiger partial charge in [-0.2, -0.15) is 5.10 Å². The number of carbonyl (C=O) groups is 1. The minimum atomic E-state index is -0.502. The van der Waals surface area contributed by atoms with Gasteiger partial charge in [-0.25, -0.2) is 14.4 Å². The molecule has 2 heterocycles. The molecule has 2 aromatic carbocycles. The van der Waals surface area contributed by atoms with Crippen LogP contribution in [0.15, 0.2) is 54.9 Å². The molecule has 1 fully saturated rings. The standard InChI is InChI=1S/C30H31ClFN5O4/c1-30(20-7-8-20,26-12-11-24(39-3)28(36-26)18-5-9-22(32)21(31)13-18)16-33-29(38)19-6-10-23(25(14-19)40-4)41-15-27-34-17-35-37(27)2/h5-6,9-14,17,20H,7-8,15-16H2,1-4H3,(H,33,38). The van der Waals surface area contributed by atoms with E-state index in [-0.39, 0.29) is 17.5 Å². The summed E-state index contributed by atoms with van der Waals surface area (Å²) in [6.07, 6.45) is 3.52. The number of methoxy groups -OCH3 is 2. The molecular formula is C30H31ClFN5O4. The van der Waals surface area contributed by atoms with Gasteiger partial charge in [0.2, 0.25) is 0 Å². The molecule has 41 heavy (non-hydrogen) atoms. The van der Waals surface area contributed by atoms with Crippen LogP contribution in [0, 0.1) is 11.7 Å². The zero-order valence-corrected chi connectivity index (χ0v) is 24.0. The second kappa shape index (κ2) is 11.7. The molecule has 1 aliphatic carbocycles. The van der Waals surface area contributed by atoms with Gasteiger partial charge in [0.25, 0.3) is 5.91 Å². The summed E-state index contributed by atoms with van der Waals surface area (Å²) in [4.78, 5) is 22.4. The number of halogens is 2. The average Bonchev–Trinajstić information content (AvgIpc) is 3.77. The number of carbonyl (C=O) groups excluding carboxylic acids is 1. The quantitative estimate of drug-likeness (QED) is 0.255. The number of amides is 1. The number of rotatable bonds is 11. The van der Waals surface area contributed by atoms with Crippen LogP contribution < -0.4 is 19.5 Å². The first-order chi connectivity index (χ1) is 19.7. The van der Waals surface area contributed by atoms with Crippen LogP contribution in [-0.2, 0) is 19.1 Å². The van der Waals surface area contributed by atoms with Crippen molar-refractivity contribution >= 4 is 17.5 Å². The van der Waals surface area contributed by atoms with E-state index in [0.29, 0.717) is 52.4 Å². The normalized spacial score (nSPS) is 14.3. The number of aryl methyl sites for hydroxylation is 1. The van der Waals surface area contributed by atoms with Crippen LogP contribution in [0.25, 0.3) is 11.3 Å². The smallest absolute Gasteiger partial charge is 0.251 e. The molecule has 1 atom stereocenters. The van der Waals surface area contributed by atoms with Crippen molar-refractivity contribution in [3.8, 4) is 28.5 Å². The highest BCUT2D eigenvalue weighted by atomic mass is 35.5. The van der Waals surface area contributed by atoms with Crippen LogP contribution in [0.2, 0.25) is 5.02 Å². The van der Waals surface area contributed by atoms with E-state index in [2.05, 4.69) is 22.3 Å². The molecule has 4 aromatic rings. The van der Waals surface area contributed by atoms with Gasteiger partial charge in [-0.15, -0.1) is 0 Å². The van der Waals surface area contributed by atoms with Crippen LogP contribution in [0.1, 0.15) is 41.6 Å². The van der Waals surface area contributed by atoms with E-state index >= 15 is 0 Å². The molecule has 9 nitrogen and oxygen atoms in total. The Kier molecular flexibility index (Phi) is 8.12. The van der Waals surface area contributed by atoms with Crippen molar-refractivity contribution in [3.05, 3.63) is 82.8 Å². The molecule has 1 N–H and O–H groups in total. The molecule has 1 unspecified atom stereocenters. The maximum Gasteiger partial charge on any atom is 0.251 e. The van der Waals surface area contributed by atoms with Gasteiger partial charge in [0, 0.05) is 35.8 Å². The topological polar surface area (TPSA) is 100 Å². The molecule has 0 aliphatic heterocycles. The third-order valence-electron chi connectivity index (χ3n) is 7.54. The van der Waals surface area contributed by atoms with E-state index in [4.69, 9.17) is 30.8 Å². The first kappa shape index (κ1) is 28.4. The minimum Gasteiger partial charge on any atom is -0.494 e. The molecule has 0 saturated heterocycles. The number of hydrogen-bond acceptors (Lipinski definition) is 7. The Morgan fingerprint density at radius 3 is 2.51 bits per heavy atom. The third-order valence-corrected chi connectivity index (χ3v) is 7.83. The first-order valence-corrected chi connectivity index (χ1v) is 13.5.